The summed E-state index contributed by atoms with van der Waals surface area (Å²) in [6.07, 6.45) is 0. The number of fused-ring (bicyclic) bond motifs is 1. The van der Waals surface area contributed by atoms with Crippen molar-refractivity contribution in [3.05, 3.63) is 21.5 Å². The normalized spacial score (nSPS) is 10.9. The van der Waals surface area contributed by atoms with Crippen LogP contribution in [0.4, 0.5) is 0 Å². The van der Waals surface area contributed by atoms with E-state index < -0.39 is 0 Å². The standard InChI is InChI=1S/C6H2Cl3N3/c7-3-1-2-4(6(9)10-3)11-12-5(2)8/h1H,(H,11,12). The van der Waals surface area contributed by atoms with Gasteiger partial charge in [0.25, 0.3) is 0 Å². The summed E-state index contributed by atoms with van der Waals surface area (Å²) in [4.78, 5) is 3.80. The second-order valence-electron chi connectivity index (χ2n) is 2.17. The molecule has 3 nitrogen and oxygen atoms in total. The average molecular weight is 222 g/mol. The molecule has 2 heterocycles. The van der Waals surface area contributed by atoms with Crippen molar-refractivity contribution in [1.29, 1.82) is 0 Å². The molecule has 0 spiro atoms. The molecule has 0 amide bonds. The van der Waals surface area contributed by atoms with Crippen molar-refractivity contribution in [2.24, 2.45) is 0 Å². The van der Waals surface area contributed by atoms with Crippen LogP contribution in [-0.2, 0) is 0 Å². The molecule has 0 fully saturated rings. The van der Waals surface area contributed by atoms with Crippen molar-refractivity contribution in [2.75, 3.05) is 0 Å². The molecule has 0 aliphatic carbocycles. The van der Waals surface area contributed by atoms with Crippen molar-refractivity contribution >= 4 is 45.7 Å². The molecule has 0 bridgehead atoms. The van der Waals surface area contributed by atoms with Gasteiger partial charge in [0.15, 0.2) is 5.15 Å². The highest BCUT2D eigenvalue weighted by Gasteiger charge is 2.08. The number of aromatic amines is 1. The first-order valence-corrected chi connectivity index (χ1v) is 4.17. The van der Waals surface area contributed by atoms with Crippen LogP contribution in [0.25, 0.3) is 10.9 Å². The van der Waals surface area contributed by atoms with Crippen LogP contribution in [0.1, 0.15) is 0 Å². The number of nitrogens with zero attached hydrogens (tertiary/aromatic N) is 2. The van der Waals surface area contributed by atoms with E-state index in [-0.39, 0.29) is 5.15 Å². The lowest BCUT2D eigenvalue weighted by atomic mass is 10.3. The average Bonchev–Trinajstić information content (AvgIpc) is 2.33. The van der Waals surface area contributed by atoms with Gasteiger partial charge >= 0.3 is 0 Å². The Morgan fingerprint density at radius 1 is 1.25 bits per heavy atom. The van der Waals surface area contributed by atoms with E-state index in [0.717, 1.165) is 0 Å². The third kappa shape index (κ3) is 1.14. The molecule has 0 aromatic carbocycles. The molecule has 1 N–H and O–H groups in total. The highest BCUT2D eigenvalue weighted by Crippen LogP contribution is 2.27. The SMILES string of the molecule is Clc1cc2c(Cl)[nH]nc2c(Cl)n1. The Morgan fingerprint density at radius 3 is 2.75 bits per heavy atom. The first-order chi connectivity index (χ1) is 5.68. The van der Waals surface area contributed by atoms with Gasteiger partial charge in [-0.2, -0.15) is 5.10 Å². The monoisotopic (exact) mass is 221 g/mol. The highest BCUT2D eigenvalue weighted by molar-refractivity contribution is 6.39. The Hall–Kier alpha value is -0.510. The molecular formula is C6H2Cl3N3. The number of nitrogens with one attached hydrogen (secondary N) is 1. The minimum Gasteiger partial charge on any atom is -0.266 e. The van der Waals surface area contributed by atoms with E-state index in [1.807, 2.05) is 0 Å². The molecule has 0 aliphatic heterocycles. The fraction of sp³-hybridized carbons (Fsp3) is 0. The molecule has 12 heavy (non-hydrogen) atoms. The van der Waals surface area contributed by atoms with Gasteiger partial charge in [0.2, 0.25) is 0 Å². The van der Waals surface area contributed by atoms with Crippen LogP contribution in [-0.4, -0.2) is 15.2 Å². The van der Waals surface area contributed by atoms with Gasteiger partial charge in [-0.15, -0.1) is 0 Å². The van der Waals surface area contributed by atoms with Crippen LogP contribution in [0.15, 0.2) is 6.07 Å². The lowest BCUT2D eigenvalue weighted by Gasteiger charge is -1.92. The summed E-state index contributed by atoms with van der Waals surface area (Å²) < 4.78 is 0. The second kappa shape index (κ2) is 2.76. The van der Waals surface area contributed by atoms with Gasteiger partial charge in [-0.05, 0) is 6.07 Å². The molecular weight excluding hydrogens is 220 g/mol. The molecule has 6 heteroatoms. The Morgan fingerprint density at radius 2 is 2.00 bits per heavy atom. The van der Waals surface area contributed by atoms with Gasteiger partial charge in [-0.1, -0.05) is 34.8 Å². The highest BCUT2D eigenvalue weighted by atomic mass is 35.5. The smallest absolute Gasteiger partial charge is 0.158 e. The minimum absolute atomic E-state index is 0.251. The lowest BCUT2D eigenvalue weighted by Crippen LogP contribution is -1.78. The molecule has 0 aliphatic rings. The van der Waals surface area contributed by atoms with E-state index in [0.29, 0.717) is 21.2 Å². The first-order valence-electron chi connectivity index (χ1n) is 3.04. The Kier molecular flexibility index (Phi) is 1.87. The van der Waals surface area contributed by atoms with Crippen LogP contribution in [0, 0.1) is 0 Å². The summed E-state index contributed by atoms with van der Waals surface area (Å²) in [5.41, 5.74) is 0.533. The minimum atomic E-state index is 0.251. The zero-order chi connectivity index (χ0) is 8.72. The van der Waals surface area contributed by atoms with E-state index in [9.17, 15) is 0 Å². The summed E-state index contributed by atoms with van der Waals surface area (Å²) >= 11 is 17.1. The fourth-order valence-electron chi connectivity index (χ4n) is 0.916. The Balaban J connectivity index is 2.92. The van der Waals surface area contributed by atoms with Gasteiger partial charge < -0.3 is 0 Å². The first kappa shape index (κ1) is 8.10. The maximum absolute atomic E-state index is 5.75. The Labute approximate surface area is 82.6 Å². The predicted molar refractivity (Wildman–Crippen MR) is 48.9 cm³/mol. The molecule has 0 unspecified atom stereocenters. The van der Waals surface area contributed by atoms with Crippen LogP contribution in [0.2, 0.25) is 15.5 Å². The van der Waals surface area contributed by atoms with E-state index >= 15 is 0 Å². The Bertz CT molecular complexity index is 437. The molecule has 62 valence electrons. The van der Waals surface area contributed by atoms with Crippen molar-refractivity contribution in [1.82, 2.24) is 15.2 Å². The maximum atomic E-state index is 5.75. The molecule has 0 atom stereocenters. The number of halogens is 3. The lowest BCUT2D eigenvalue weighted by molar-refractivity contribution is 1.11. The molecule has 2 rings (SSSR count). The van der Waals surface area contributed by atoms with Crippen molar-refractivity contribution in [3.63, 3.8) is 0 Å². The fourth-order valence-corrected chi connectivity index (χ4v) is 1.57. The summed E-state index contributed by atoms with van der Waals surface area (Å²) in [6.45, 7) is 0. The number of pyridine rings is 1. The predicted octanol–water partition coefficient (Wildman–Crippen LogP) is 2.92. The van der Waals surface area contributed by atoms with E-state index in [1.54, 1.807) is 6.07 Å². The molecule has 0 saturated heterocycles. The number of hydrogen-bond donors (Lipinski definition) is 1. The van der Waals surface area contributed by atoms with E-state index in [2.05, 4.69) is 15.2 Å². The molecule has 0 radical (unpaired) electrons. The summed E-state index contributed by atoms with van der Waals surface area (Å²) in [7, 11) is 0. The van der Waals surface area contributed by atoms with E-state index in [1.165, 1.54) is 0 Å². The van der Waals surface area contributed by atoms with E-state index in [4.69, 9.17) is 34.8 Å². The van der Waals surface area contributed by atoms with Crippen LogP contribution in [0.3, 0.4) is 0 Å². The van der Waals surface area contributed by atoms with Crippen molar-refractivity contribution in [2.45, 2.75) is 0 Å². The van der Waals surface area contributed by atoms with Crippen molar-refractivity contribution < 1.29 is 0 Å². The van der Waals surface area contributed by atoms with Gasteiger partial charge in [0.05, 0.1) is 0 Å². The third-order valence-electron chi connectivity index (χ3n) is 1.42. The number of H-pyrrole nitrogens is 1. The second-order valence-corrected chi connectivity index (χ2v) is 3.29. The summed E-state index contributed by atoms with van der Waals surface area (Å²) in [5.74, 6) is 0. The maximum Gasteiger partial charge on any atom is 0.158 e. The number of hydrogen-bond acceptors (Lipinski definition) is 2. The van der Waals surface area contributed by atoms with Crippen molar-refractivity contribution in [3.8, 4) is 0 Å². The zero-order valence-electron chi connectivity index (χ0n) is 5.61. The number of rotatable bonds is 0. The van der Waals surface area contributed by atoms with Gasteiger partial charge in [-0.3, -0.25) is 5.10 Å². The summed E-state index contributed by atoms with van der Waals surface area (Å²) in [5, 5.41) is 8.07. The number of aromatic nitrogens is 3. The topological polar surface area (TPSA) is 41.6 Å². The third-order valence-corrected chi connectivity index (χ3v) is 2.17. The van der Waals surface area contributed by atoms with Crippen LogP contribution in [0.5, 0.6) is 0 Å². The van der Waals surface area contributed by atoms with Crippen LogP contribution >= 0.6 is 34.8 Å². The zero-order valence-corrected chi connectivity index (χ0v) is 7.87. The molecule has 0 saturated carbocycles. The molecule has 2 aromatic rings. The largest absolute Gasteiger partial charge is 0.266 e. The van der Waals surface area contributed by atoms with Gasteiger partial charge in [-0.25, -0.2) is 4.98 Å². The quantitative estimate of drug-likeness (QED) is 0.696. The molecule has 2 aromatic heterocycles. The van der Waals surface area contributed by atoms with Gasteiger partial charge in [0, 0.05) is 5.39 Å². The summed E-state index contributed by atoms with van der Waals surface area (Å²) in [6, 6.07) is 1.61. The van der Waals surface area contributed by atoms with Crippen LogP contribution < -0.4 is 0 Å². The van der Waals surface area contributed by atoms with Gasteiger partial charge in [0.1, 0.15) is 15.8 Å².